The van der Waals surface area contributed by atoms with Gasteiger partial charge in [-0.15, -0.1) is 0 Å². The highest BCUT2D eigenvalue weighted by Crippen LogP contribution is 2.23. The van der Waals surface area contributed by atoms with Crippen molar-refractivity contribution in [1.29, 1.82) is 0 Å². The number of benzene rings is 1. The molecule has 0 heterocycles. The van der Waals surface area contributed by atoms with E-state index in [2.05, 4.69) is 26.6 Å². The lowest BCUT2D eigenvalue weighted by molar-refractivity contribution is -0.121. The van der Waals surface area contributed by atoms with E-state index >= 15 is 0 Å². The second-order valence-corrected chi connectivity index (χ2v) is 4.08. The van der Waals surface area contributed by atoms with Gasteiger partial charge >= 0.3 is 0 Å². The SMILES string of the molecule is CNC(=O)C(C)Nc1cc(F)c(Br)cc1F. The third-order valence-corrected chi connectivity index (χ3v) is 2.63. The molecular weight excluding hydrogens is 282 g/mol. The summed E-state index contributed by atoms with van der Waals surface area (Å²) in [5.74, 6) is -1.51. The largest absolute Gasteiger partial charge is 0.371 e. The Kier molecular flexibility index (Phi) is 4.23. The summed E-state index contributed by atoms with van der Waals surface area (Å²) in [5.41, 5.74) is -0.0446. The summed E-state index contributed by atoms with van der Waals surface area (Å²) in [7, 11) is 1.47. The molecule has 0 radical (unpaired) electrons. The van der Waals surface area contributed by atoms with Gasteiger partial charge in [-0.1, -0.05) is 0 Å². The monoisotopic (exact) mass is 292 g/mol. The second kappa shape index (κ2) is 5.25. The van der Waals surface area contributed by atoms with Gasteiger partial charge in [0, 0.05) is 13.1 Å². The molecule has 88 valence electrons. The Morgan fingerprint density at radius 2 is 2.00 bits per heavy atom. The Labute approximate surface area is 100 Å². The fourth-order valence-corrected chi connectivity index (χ4v) is 1.46. The van der Waals surface area contributed by atoms with Crippen LogP contribution in [0.1, 0.15) is 6.92 Å². The fraction of sp³-hybridized carbons (Fsp3) is 0.300. The number of hydrogen-bond donors (Lipinski definition) is 2. The van der Waals surface area contributed by atoms with E-state index in [1.165, 1.54) is 7.05 Å². The van der Waals surface area contributed by atoms with Crippen LogP contribution in [-0.4, -0.2) is 19.0 Å². The van der Waals surface area contributed by atoms with E-state index in [1.54, 1.807) is 6.92 Å². The Morgan fingerprint density at radius 1 is 1.38 bits per heavy atom. The highest BCUT2D eigenvalue weighted by molar-refractivity contribution is 9.10. The Morgan fingerprint density at radius 3 is 2.56 bits per heavy atom. The van der Waals surface area contributed by atoms with E-state index in [1.807, 2.05) is 0 Å². The van der Waals surface area contributed by atoms with Crippen molar-refractivity contribution in [2.45, 2.75) is 13.0 Å². The molecule has 0 saturated carbocycles. The standard InChI is InChI=1S/C10H11BrF2N2O/c1-5(10(16)14-2)15-9-4-7(12)6(11)3-8(9)13/h3-5,15H,1-2H3,(H,14,16). The van der Waals surface area contributed by atoms with Gasteiger partial charge in [-0.3, -0.25) is 4.79 Å². The summed E-state index contributed by atoms with van der Waals surface area (Å²) in [6.07, 6.45) is 0. The molecule has 1 aromatic rings. The molecule has 1 aromatic carbocycles. The molecule has 1 rings (SSSR count). The van der Waals surface area contributed by atoms with Crippen molar-refractivity contribution < 1.29 is 13.6 Å². The van der Waals surface area contributed by atoms with Crippen LogP contribution in [0.3, 0.4) is 0 Å². The van der Waals surface area contributed by atoms with Crippen LogP contribution in [0.2, 0.25) is 0 Å². The van der Waals surface area contributed by atoms with E-state index in [0.717, 1.165) is 12.1 Å². The van der Waals surface area contributed by atoms with Gasteiger partial charge in [-0.25, -0.2) is 8.78 Å². The van der Waals surface area contributed by atoms with Crippen molar-refractivity contribution in [1.82, 2.24) is 5.32 Å². The Balaban J connectivity index is 2.89. The molecule has 0 fully saturated rings. The van der Waals surface area contributed by atoms with Gasteiger partial charge in [0.05, 0.1) is 10.2 Å². The van der Waals surface area contributed by atoms with Crippen molar-refractivity contribution in [2.24, 2.45) is 0 Å². The predicted molar refractivity (Wildman–Crippen MR) is 61.2 cm³/mol. The zero-order chi connectivity index (χ0) is 12.3. The van der Waals surface area contributed by atoms with Gasteiger partial charge in [-0.05, 0) is 28.9 Å². The van der Waals surface area contributed by atoms with Crippen molar-refractivity contribution in [3.63, 3.8) is 0 Å². The summed E-state index contributed by atoms with van der Waals surface area (Å²) in [4.78, 5) is 11.2. The molecule has 0 aromatic heterocycles. The van der Waals surface area contributed by atoms with E-state index in [4.69, 9.17) is 0 Å². The first-order chi connectivity index (χ1) is 7.45. The number of carbonyl (C=O) groups excluding carboxylic acids is 1. The van der Waals surface area contributed by atoms with E-state index in [-0.39, 0.29) is 16.1 Å². The van der Waals surface area contributed by atoms with E-state index in [0.29, 0.717) is 0 Å². The molecule has 2 N–H and O–H groups in total. The van der Waals surface area contributed by atoms with Crippen LogP contribution in [0.4, 0.5) is 14.5 Å². The summed E-state index contributed by atoms with van der Waals surface area (Å²) < 4.78 is 26.6. The fourth-order valence-electron chi connectivity index (χ4n) is 1.15. The minimum atomic E-state index is -0.639. The first-order valence-electron chi connectivity index (χ1n) is 4.58. The molecule has 1 amide bonds. The average Bonchev–Trinajstić information content (AvgIpc) is 2.24. The third-order valence-electron chi connectivity index (χ3n) is 2.02. The maximum Gasteiger partial charge on any atom is 0.241 e. The molecule has 6 heteroatoms. The lowest BCUT2D eigenvalue weighted by Crippen LogP contribution is -2.35. The molecule has 0 aliphatic rings. The smallest absolute Gasteiger partial charge is 0.241 e. The van der Waals surface area contributed by atoms with Gasteiger partial charge in [0.15, 0.2) is 0 Å². The van der Waals surface area contributed by atoms with E-state index in [9.17, 15) is 13.6 Å². The van der Waals surface area contributed by atoms with Gasteiger partial charge in [0.2, 0.25) is 5.91 Å². The van der Waals surface area contributed by atoms with Gasteiger partial charge in [0.1, 0.15) is 17.7 Å². The number of hydrogen-bond acceptors (Lipinski definition) is 2. The molecule has 0 saturated heterocycles. The quantitative estimate of drug-likeness (QED) is 0.839. The number of anilines is 1. The van der Waals surface area contributed by atoms with Crippen LogP contribution < -0.4 is 10.6 Å². The number of rotatable bonds is 3. The van der Waals surface area contributed by atoms with Crippen LogP contribution >= 0.6 is 15.9 Å². The molecule has 16 heavy (non-hydrogen) atoms. The van der Waals surface area contributed by atoms with Crippen molar-refractivity contribution >= 4 is 27.5 Å². The summed E-state index contributed by atoms with van der Waals surface area (Å²) in [6.45, 7) is 1.55. The molecule has 1 atom stereocenters. The second-order valence-electron chi connectivity index (χ2n) is 3.23. The van der Waals surface area contributed by atoms with Crippen LogP contribution in [-0.2, 0) is 4.79 Å². The predicted octanol–water partition coefficient (Wildman–Crippen LogP) is 2.27. The lowest BCUT2D eigenvalue weighted by atomic mass is 10.2. The first kappa shape index (κ1) is 12.9. The van der Waals surface area contributed by atoms with Gasteiger partial charge in [0.25, 0.3) is 0 Å². The topological polar surface area (TPSA) is 41.1 Å². The molecule has 3 nitrogen and oxygen atoms in total. The number of amides is 1. The molecular formula is C10H11BrF2N2O. The summed E-state index contributed by atoms with van der Waals surface area (Å²) in [5, 5.41) is 4.98. The van der Waals surface area contributed by atoms with Gasteiger partial charge < -0.3 is 10.6 Å². The molecule has 0 aliphatic carbocycles. The summed E-state index contributed by atoms with van der Waals surface area (Å²) >= 11 is 2.87. The number of halogens is 3. The highest BCUT2D eigenvalue weighted by Gasteiger charge is 2.14. The minimum Gasteiger partial charge on any atom is -0.371 e. The third kappa shape index (κ3) is 2.91. The zero-order valence-electron chi connectivity index (χ0n) is 8.77. The maximum atomic E-state index is 13.4. The van der Waals surface area contributed by atoms with Crippen molar-refractivity contribution in [3.05, 3.63) is 28.2 Å². The number of likely N-dealkylation sites (N-methyl/N-ethyl adjacent to an activating group) is 1. The highest BCUT2D eigenvalue weighted by atomic mass is 79.9. The summed E-state index contributed by atoms with van der Waals surface area (Å²) in [6, 6.07) is 1.37. The number of nitrogens with one attached hydrogen (secondary N) is 2. The normalized spacial score (nSPS) is 12.1. The van der Waals surface area contributed by atoms with Crippen molar-refractivity contribution in [3.8, 4) is 0 Å². The molecule has 0 bridgehead atoms. The zero-order valence-corrected chi connectivity index (χ0v) is 10.4. The Bertz CT molecular complexity index is 412. The van der Waals surface area contributed by atoms with Crippen molar-refractivity contribution in [2.75, 3.05) is 12.4 Å². The maximum absolute atomic E-state index is 13.4. The Hall–Kier alpha value is -1.17. The van der Waals surface area contributed by atoms with Crippen LogP contribution in [0.5, 0.6) is 0 Å². The first-order valence-corrected chi connectivity index (χ1v) is 5.37. The molecule has 1 unspecified atom stereocenters. The van der Waals surface area contributed by atoms with Gasteiger partial charge in [-0.2, -0.15) is 0 Å². The van der Waals surface area contributed by atoms with E-state index < -0.39 is 17.7 Å². The minimum absolute atomic E-state index is 0.0446. The number of carbonyl (C=O) groups is 1. The van der Waals surface area contributed by atoms with Crippen LogP contribution in [0.25, 0.3) is 0 Å². The average molecular weight is 293 g/mol. The van der Waals surface area contributed by atoms with Crippen LogP contribution in [0.15, 0.2) is 16.6 Å². The lowest BCUT2D eigenvalue weighted by Gasteiger charge is -2.14. The van der Waals surface area contributed by atoms with Crippen LogP contribution in [0, 0.1) is 11.6 Å². The molecule has 0 spiro atoms. The molecule has 0 aliphatic heterocycles.